The number of rotatable bonds is 5. The molecule has 0 bridgehead atoms. The summed E-state index contributed by atoms with van der Waals surface area (Å²) >= 11 is 1.06. The lowest BCUT2D eigenvalue weighted by molar-refractivity contribution is -0.154. The molecule has 2 N–H and O–H groups in total. The Balaban J connectivity index is 2.44. The fraction of sp³-hybridized carbons (Fsp3) is 0.600. The third-order valence-electron chi connectivity index (χ3n) is 2.92. The zero-order chi connectivity index (χ0) is 18.5. The Hall–Kier alpha value is -2.16. The summed E-state index contributed by atoms with van der Waals surface area (Å²) in [6.07, 6.45) is -1.15. The second-order valence-corrected chi connectivity index (χ2v) is 7.19. The molecule has 134 valence electrons. The highest BCUT2D eigenvalue weighted by Crippen LogP contribution is 2.03. The molecular formula is C15H23N3O5S. The highest BCUT2D eigenvalue weighted by Gasteiger charge is 2.22. The number of carbonyl (C=O) groups excluding carboxylic acids is 3. The van der Waals surface area contributed by atoms with Gasteiger partial charge in [0.25, 0.3) is 5.91 Å². The van der Waals surface area contributed by atoms with Crippen molar-refractivity contribution in [2.24, 2.45) is 0 Å². The van der Waals surface area contributed by atoms with Gasteiger partial charge in [-0.2, -0.15) is 0 Å². The number of aryl methyl sites for hydroxylation is 1. The fourth-order valence-electron chi connectivity index (χ4n) is 1.77. The maximum Gasteiger partial charge on any atom is 0.321 e. The largest absolute Gasteiger partial charge is 0.452 e. The standard InChI is InChI=1S/C15H23N3O5S/c1-9-8-24-14(22)18(9)7-6-11(19)23-10(2)12(20)16-13(21)17-15(3,4)5/h8,10H,6-7H2,1-5H3,(H2,16,17,20,21)/t10-/m0/s1. The molecule has 8 nitrogen and oxygen atoms in total. The van der Waals surface area contributed by atoms with Gasteiger partial charge in [0, 0.05) is 23.2 Å². The van der Waals surface area contributed by atoms with Crippen LogP contribution in [0.5, 0.6) is 0 Å². The molecule has 0 unspecified atom stereocenters. The molecule has 24 heavy (non-hydrogen) atoms. The summed E-state index contributed by atoms with van der Waals surface area (Å²) in [5, 5.41) is 6.38. The first-order valence-electron chi connectivity index (χ1n) is 7.47. The van der Waals surface area contributed by atoms with Crippen LogP contribution in [0.3, 0.4) is 0 Å². The van der Waals surface area contributed by atoms with Crippen LogP contribution in [0.2, 0.25) is 0 Å². The van der Waals surface area contributed by atoms with Gasteiger partial charge in [-0.15, -0.1) is 0 Å². The minimum Gasteiger partial charge on any atom is -0.452 e. The van der Waals surface area contributed by atoms with E-state index in [2.05, 4.69) is 10.6 Å². The average molecular weight is 357 g/mol. The minimum absolute atomic E-state index is 0.0384. The molecule has 0 aliphatic rings. The zero-order valence-electron chi connectivity index (χ0n) is 14.5. The molecule has 1 aromatic heterocycles. The van der Waals surface area contributed by atoms with E-state index in [1.807, 2.05) is 0 Å². The van der Waals surface area contributed by atoms with E-state index in [1.54, 1.807) is 33.1 Å². The van der Waals surface area contributed by atoms with E-state index in [0.717, 1.165) is 17.0 Å². The van der Waals surface area contributed by atoms with E-state index >= 15 is 0 Å². The van der Waals surface area contributed by atoms with Crippen molar-refractivity contribution in [3.8, 4) is 0 Å². The van der Waals surface area contributed by atoms with Gasteiger partial charge in [0.15, 0.2) is 6.10 Å². The summed E-state index contributed by atoms with van der Waals surface area (Å²) in [4.78, 5) is 46.6. The van der Waals surface area contributed by atoms with Gasteiger partial charge in [0.1, 0.15) is 0 Å². The Morgan fingerprint density at radius 3 is 2.46 bits per heavy atom. The number of esters is 1. The SMILES string of the molecule is Cc1csc(=O)n1CCC(=O)O[C@@H](C)C(=O)NC(=O)NC(C)(C)C. The quantitative estimate of drug-likeness (QED) is 0.769. The molecule has 1 atom stereocenters. The molecule has 0 fully saturated rings. The van der Waals surface area contributed by atoms with Crippen LogP contribution in [-0.2, 0) is 20.9 Å². The van der Waals surface area contributed by atoms with Crippen molar-refractivity contribution < 1.29 is 19.1 Å². The van der Waals surface area contributed by atoms with Crippen LogP contribution in [0.25, 0.3) is 0 Å². The molecule has 3 amide bonds. The van der Waals surface area contributed by atoms with E-state index in [0.29, 0.717) is 0 Å². The summed E-state index contributed by atoms with van der Waals surface area (Å²) < 4.78 is 6.44. The van der Waals surface area contributed by atoms with Crippen molar-refractivity contribution in [3.05, 3.63) is 20.7 Å². The van der Waals surface area contributed by atoms with Crippen LogP contribution >= 0.6 is 11.3 Å². The van der Waals surface area contributed by atoms with Gasteiger partial charge in [-0.3, -0.25) is 19.7 Å². The summed E-state index contributed by atoms with van der Waals surface area (Å²) in [7, 11) is 0. The van der Waals surface area contributed by atoms with Gasteiger partial charge >= 0.3 is 16.9 Å². The van der Waals surface area contributed by atoms with Crippen LogP contribution in [-0.4, -0.2) is 34.1 Å². The predicted molar refractivity (Wildman–Crippen MR) is 89.9 cm³/mol. The third kappa shape index (κ3) is 6.53. The molecule has 0 radical (unpaired) electrons. The fourth-order valence-corrected chi connectivity index (χ4v) is 2.53. The molecule has 0 saturated heterocycles. The lowest BCUT2D eigenvalue weighted by atomic mass is 10.1. The minimum atomic E-state index is -1.11. The molecule has 0 aliphatic carbocycles. The Morgan fingerprint density at radius 1 is 1.33 bits per heavy atom. The normalized spacial score (nSPS) is 12.4. The molecule has 0 aromatic carbocycles. The number of amides is 3. The first-order valence-corrected chi connectivity index (χ1v) is 8.35. The zero-order valence-corrected chi connectivity index (χ0v) is 15.3. The van der Waals surface area contributed by atoms with E-state index in [9.17, 15) is 19.2 Å². The van der Waals surface area contributed by atoms with Crippen LogP contribution in [0.1, 0.15) is 39.8 Å². The van der Waals surface area contributed by atoms with Gasteiger partial charge in [-0.25, -0.2) is 4.79 Å². The summed E-state index contributed by atoms with van der Waals surface area (Å²) in [6, 6.07) is -0.657. The topological polar surface area (TPSA) is 106 Å². The van der Waals surface area contributed by atoms with Crippen molar-refractivity contribution in [2.45, 2.75) is 59.2 Å². The molecule has 0 saturated carbocycles. The number of nitrogens with zero attached hydrogens (tertiary/aromatic N) is 1. The molecule has 0 spiro atoms. The number of carbonyl (C=O) groups is 3. The van der Waals surface area contributed by atoms with Crippen LogP contribution in [0, 0.1) is 6.92 Å². The van der Waals surface area contributed by atoms with Crippen molar-refractivity contribution in [1.29, 1.82) is 0 Å². The van der Waals surface area contributed by atoms with Gasteiger partial charge < -0.3 is 14.6 Å². The van der Waals surface area contributed by atoms with Crippen LogP contribution in [0.4, 0.5) is 4.79 Å². The van der Waals surface area contributed by atoms with E-state index in [4.69, 9.17) is 4.74 Å². The average Bonchev–Trinajstić information content (AvgIpc) is 2.73. The van der Waals surface area contributed by atoms with Gasteiger partial charge in [0.05, 0.1) is 6.42 Å². The first kappa shape index (κ1) is 19.9. The lowest BCUT2D eigenvalue weighted by Crippen LogP contribution is -2.50. The highest BCUT2D eigenvalue weighted by atomic mass is 32.1. The Morgan fingerprint density at radius 2 is 1.96 bits per heavy atom. The number of thiazole rings is 1. The Kier molecular flexibility index (Phi) is 6.70. The molecule has 9 heteroatoms. The van der Waals surface area contributed by atoms with Gasteiger partial charge in [-0.05, 0) is 34.6 Å². The molecule has 1 aromatic rings. The predicted octanol–water partition coefficient (Wildman–Crippen LogP) is 1.16. The number of urea groups is 1. The number of aromatic nitrogens is 1. The molecule has 1 heterocycles. The smallest absolute Gasteiger partial charge is 0.321 e. The van der Waals surface area contributed by atoms with E-state index in [1.165, 1.54) is 11.5 Å². The van der Waals surface area contributed by atoms with Crippen molar-refractivity contribution in [2.75, 3.05) is 0 Å². The Labute approximate surface area is 144 Å². The number of hydrogen-bond donors (Lipinski definition) is 2. The van der Waals surface area contributed by atoms with Crippen molar-refractivity contribution in [1.82, 2.24) is 15.2 Å². The number of imide groups is 1. The number of nitrogens with one attached hydrogen (secondary N) is 2. The maximum atomic E-state index is 11.8. The van der Waals surface area contributed by atoms with Crippen molar-refractivity contribution in [3.63, 3.8) is 0 Å². The van der Waals surface area contributed by atoms with E-state index < -0.39 is 29.6 Å². The number of hydrogen-bond acceptors (Lipinski definition) is 6. The first-order chi connectivity index (χ1) is 11.0. The second-order valence-electron chi connectivity index (χ2n) is 6.37. The van der Waals surface area contributed by atoms with Crippen LogP contribution < -0.4 is 15.5 Å². The molecule has 0 aliphatic heterocycles. The summed E-state index contributed by atoms with van der Waals surface area (Å²) in [5.41, 5.74) is 0.276. The molecular weight excluding hydrogens is 334 g/mol. The van der Waals surface area contributed by atoms with Gasteiger partial charge in [-0.1, -0.05) is 11.3 Å². The summed E-state index contributed by atoms with van der Waals surface area (Å²) in [5.74, 6) is -1.33. The second kappa shape index (κ2) is 8.09. The van der Waals surface area contributed by atoms with Gasteiger partial charge in [0.2, 0.25) is 0 Å². The number of ether oxygens (including phenoxy) is 1. The lowest BCUT2D eigenvalue weighted by Gasteiger charge is -2.21. The third-order valence-corrected chi connectivity index (χ3v) is 3.80. The highest BCUT2D eigenvalue weighted by molar-refractivity contribution is 7.07. The Bertz CT molecular complexity index is 671. The monoisotopic (exact) mass is 357 g/mol. The van der Waals surface area contributed by atoms with E-state index in [-0.39, 0.29) is 17.8 Å². The van der Waals surface area contributed by atoms with Crippen LogP contribution in [0.15, 0.2) is 10.2 Å². The van der Waals surface area contributed by atoms with Crippen molar-refractivity contribution >= 4 is 29.2 Å². The molecule has 1 rings (SSSR count). The summed E-state index contributed by atoms with van der Waals surface area (Å²) in [6.45, 7) is 8.65. The maximum absolute atomic E-state index is 11.8.